The van der Waals surface area contributed by atoms with E-state index in [-0.39, 0.29) is 0 Å². The lowest BCUT2D eigenvalue weighted by molar-refractivity contribution is 0.172. The number of fused-ring (bicyclic) bond motifs is 1. The number of thioether (sulfide) groups is 1. The summed E-state index contributed by atoms with van der Waals surface area (Å²) in [7, 11) is 0. The molecule has 0 aromatic heterocycles. The van der Waals surface area contributed by atoms with E-state index in [1.165, 1.54) is 24.3 Å². The second-order valence-corrected chi connectivity index (χ2v) is 6.24. The van der Waals surface area contributed by atoms with Crippen LogP contribution < -0.4 is 20.5 Å². The van der Waals surface area contributed by atoms with Crippen LogP contribution in [0, 0.1) is 5.92 Å². The summed E-state index contributed by atoms with van der Waals surface area (Å²) in [6.07, 6.45) is 2.59. The van der Waals surface area contributed by atoms with Crippen molar-refractivity contribution >= 4 is 23.1 Å². The van der Waals surface area contributed by atoms with Crippen molar-refractivity contribution in [2.45, 2.75) is 12.8 Å². The number of hydrogen-bond donors (Lipinski definition) is 2. The highest BCUT2D eigenvalue weighted by atomic mass is 32.2. The minimum atomic E-state index is 0.596. The van der Waals surface area contributed by atoms with Gasteiger partial charge < -0.3 is 20.5 Å². The number of benzene rings is 1. The number of nitrogens with two attached hydrogens (primary N) is 1. The minimum absolute atomic E-state index is 0.596. The molecule has 19 heavy (non-hydrogen) atoms. The van der Waals surface area contributed by atoms with Crippen LogP contribution in [0.2, 0.25) is 0 Å². The molecule has 2 heterocycles. The smallest absolute Gasteiger partial charge is 0.163 e. The van der Waals surface area contributed by atoms with Crippen LogP contribution in [0.3, 0.4) is 0 Å². The first kappa shape index (κ1) is 12.8. The number of rotatable bonds is 3. The zero-order valence-electron chi connectivity index (χ0n) is 11.0. The zero-order valence-corrected chi connectivity index (χ0v) is 11.8. The molecule has 0 aliphatic carbocycles. The normalized spacial score (nSPS) is 19.2. The number of ether oxygens (including phenoxy) is 2. The predicted octanol–water partition coefficient (Wildman–Crippen LogP) is 2.60. The maximum Gasteiger partial charge on any atom is 0.163 e. The van der Waals surface area contributed by atoms with Crippen LogP contribution in [0.5, 0.6) is 11.5 Å². The Hall–Kier alpha value is -1.23. The standard InChI is InChI=1S/C14H20N2O2S/c15-11-7-13-14(18-4-3-17-13)8-12(11)16-9-10-1-5-19-6-2-10/h7-8,10,16H,1-6,9,15H2. The molecule has 1 fully saturated rings. The molecular weight excluding hydrogens is 260 g/mol. The van der Waals surface area contributed by atoms with Crippen LogP contribution in [0.25, 0.3) is 0 Å². The lowest BCUT2D eigenvalue weighted by atomic mass is 10.0. The Balaban J connectivity index is 1.66. The van der Waals surface area contributed by atoms with E-state index >= 15 is 0 Å². The van der Waals surface area contributed by atoms with E-state index in [0.29, 0.717) is 13.2 Å². The summed E-state index contributed by atoms with van der Waals surface area (Å²) in [5, 5.41) is 3.46. The van der Waals surface area contributed by atoms with Crippen molar-refractivity contribution in [2.75, 3.05) is 42.3 Å². The van der Waals surface area contributed by atoms with E-state index in [4.69, 9.17) is 15.2 Å². The second kappa shape index (κ2) is 5.82. The van der Waals surface area contributed by atoms with Gasteiger partial charge in [-0.1, -0.05) is 0 Å². The molecule has 1 aromatic carbocycles. The molecule has 0 unspecified atom stereocenters. The Morgan fingerprint density at radius 3 is 2.58 bits per heavy atom. The number of anilines is 2. The second-order valence-electron chi connectivity index (χ2n) is 5.02. The van der Waals surface area contributed by atoms with Crippen molar-refractivity contribution < 1.29 is 9.47 Å². The van der Waals surface area contributed by atoms with Gasteiger partial charge in [0.05, 0.1) is 11.4 Å². The van der Waals surface area contributed by atoms with Crippen LogP contribution in [0.4, 0.5) is 11.4 Å². The third-order valence-corrected chi connectivity index (χ3v) is 4.69. The van der Waals surface area contributed by atoms with Crippen molar-refractivity contribution in [3.63, 3.8) is 0 Å². The maximum absolute atomic E-state index is 6.06. The van der Waals surface area contributed by atoms with E-state index in [1.807, 2.05) is 12.1 Å². The summed E-state index contributed by atoms with van der Waals surface area (Å²) in [6, 6.07) is 3.81. The SMILES string of the molecule is Nc1cc2c(cc1NCC1CCSCC1)OCCO2. The molecule has 2 aliphatic heterocycles. The van der Waals surface area contributed by atoms with E-state index in [2.05, 4.69) is 17.1 Å². The molecule has 0 amide bonds. The van der Waals surface area contributed by atoms with Crippen molar-refractivity contribution in [3.8, 4) is 11.5 Å². The molecular formula is C14H20N2O2S. The highest BCUT2D eigenvalue weighted by molar-refractivity contribution is 7.99. The third-order valence-electron chi connectivity index (χ3n) is 3.64. The first-order valence-electron chi connectivity index (χ1n) is 6.83. The molecule has 0 atom stereocenters. The summed E-state index contributed by atoms with van der Waals surface area (Å²) in [5.41, 5.74) is 7.75. The summed E-state index contributed by atoms with van der Waals surface area (Å²) in [5.74, 6) is 4.87. The largest absolute Gasteiger partial charge is 0.486 e. The van der Waals surface area contributed by atoms with Gasteiger partial charge in [0.1, 0.15) is 13.2 Å². The van der Waals surface area contributed by atoms with Gasteiger partial charge in [-0.2, -0.15) is 11.8 Å². The first-order valence-corrected chi connectivity index (χ1v) is 7.99. The Kier molecular flexibility index (Phi) is 3.92. The van der Waals surface area contributed by atoms with Gasteiger partial charge in [0, 0.05) is 18.7 Å². The Labute approximate surface area is 118 Å². The number of nitrogen functional groups attached to an aromatic ring is 1. The van der Waals surface area contributed by atoms with Crippen LogP contribution in [-0.4, -0.2) is 31.3 Å². The fourth-order valence-electron chi connectivity index (χ4n) is 2.46. The quantitative estimate of drug-likeness (QED) is 0.834. The fraction of sp³-hybridized carbons (Fsp3) is 0.571. The topological polar surface area (TPSA) is 56.5 Å². The first-order chi connectivity index (χ1) is 9.33. The zero-order chi connectivity index (χ0) is 13.1. The Bertz CT molecular complexity index is 447. The molecule has 0 saturated carbocycles. The fourth-order valence-corrected chi connectivity index (χ4v) is 3.67. The Morgan fingerprint density at radius 2 is 1.84 bits per heavy atom. The van der Waals surface area contributed by atoms with E-state index in [9.17, 15) is 0 Å². The van der Waals surface area contributed by atoms with E-state index in [0.717, 1.165) is 35.3 Å². The molecule has 0 bridgehead atoms. The van der Waals surface area contributed by atoms with Crippen molar-refractivity contribution in [1.29, 1.82) is 0 Å². The molecule has 2 aliphatic rings. The van der Waals surface area contributed by atoms with Crippen LogP contribution >= 0.6 is 11.8 Å². The van der Waals surface area contributed by atoms with Gasteiger partial charge in [0.15, 0.2) is 11.5 Å². The van der Waals surface area contributed by atoms with Gasteiger partial charge in [0.25, 0.3) is 0 Å². The molecule has 5 heteroatoms. The van der Waals surface area contributed by atoms with Crippen LogP contribution in [0.15, 0.2) is 12.1 Å². The van der Waals surface area contributed by atoms with E-state index in [1.54, 1.807) is 0 Å². The lowest BCUT2D eigenvalue weighted by Gasteiger charge is -2.24. The van der Waals surface area contributed by atoms with Gasteiger partial charge in [-0.05, 0) is 30.3 Å². The average molecular weight is 280 g/mol. The van der Waals surface area contributed by atoms with Crippen LogP contribution in [-0.2, 0) is 0 Å². The highest BCUT2D eigenvalue weighted by Crippen LogP contribution is 2.37. The molecule has 1 aromatic rings. The predicted molar refractivity (Wildman–Crippen MR) is 80.4 cm³/mol. The van der Waals surface area contributed by atoms with Crippen molar-refractivity contribution in [3.05, 3.63) is 12.1 Å². The van der Waals surface area contributed by atoms with Crippen molar-refractivity contribution in [1.82, 2.24) is 0 Å². The number of nitrogens with one attached hydrogen (secondary N) is 1. The van der Waals surface area contributed by atoms with Gasteiger partial charge in [-0.25, -0.2) is 0 Å². The summed E-state index contributed by atoms with van der Waals surface area (Å²) >= 11 is 2.05. The molecule has 3 N–H and O–H groups in total. The molecule has 0 spiro atoms. The van der Waals surface area contributed by atoms with Crippen LogP contribution in [0.1, 0.15) is 12.8 Å². The van der Waals surface area contributed by atoms with Gasteiger partial charge in [-0.15, -0.1) is 0 Å². The molecule has 3 rings (SSSR count). The number of hydrogen-bond acceptors (Lipinski definition) is 5. The molecule has 104 valence electrons. The highest BCUT2D eigenvalue weighted by Gasteiger charge is 2.17. The van der Waals surface area contributed by atoms with Gasteiger partial charge in [-0.3, -0.25) is 0 Å². The minimum Gasteiger partial charge on any atom is -0.486 e. The summed E-state index contributed by atoms with van der Waals surface area (Å²) < 4.78 is 11.1. The average Bonchev–Trinajstić information content (AvgIpc) is 2.46. The molecule has 0 radical (unpaired) electrons. The lowest BCUT2D eigenvalue weighted by Crippen LogP contribution is -2.20. The van der Waals surface area contributed by atoms with Gasteiger partial charge >= 0.3 is 0 Å². The monoisotopic (exact) mass is 280 g/mol. The summed E-state index contributed by atoms with van der Waals surface area (Å²) in [4.78, 5) is 0. The van der Waals surface area contributed by atoms with Crippen molar-refractivity contribution in [2.24, 2.45) is 5.92 Å². The Morgan fingerprint density at radius 1 is 1.16 bits per heavy atom. The maximum atomic E-state index is 6.06. The summed E-state index contributed by atoms with van der Waals surface area (Å²) in [6.45, 7) is 2.19. The van der Waals surface area contributed by atoms with E-state index < -0.39 is 0 Å². The van der Waals surface area contributed by atoms with Gasteiger partial charge in [0.2, 0.25) is 0 Å². The molecule has 4 nitrogen and oxygen atoms in total. The molecule has 1 saturated heterocycles. The third kappa shape index (κ3) is 3.03.